The molecule has 1 N–H and O–H groups in total. The molecule has 1 saturated heterocycles. The Balaban J connectivity index is 2.26. The number of carbonyl (C=O) groups is 4. The predicted molar refractivity (Wildman–Crippen MR) is 74.3 cm³/mol. The fourth-order valence-corrected chi connectivity index (χ4v) is 2.60. The number of aryl methyl sites for hydroxylation is 1. The molecule has 1 aromatic rings. The van der Waals surface area contributed by atoms with Crippen LogP contribution in [0.1, 0.15) is 39.0 Å². The minimum Gasteiger partial charge on any atom is -0.355 e. The molecule has 0 bridgehead atoms. The Kier molecular flexibility index (Phi) is 3.67. The summed E-state index contributed by atoms with van der Waals surface area (Å²) in [5.74, 6) is -0.919. The Hall–Kier alpha value is -2.44. The van der Waals surface area contributed by atoms with Crippen molar-refractivity contribution in [3.05, 3.63) is 22.5 Å². The average Bonchev–Trinajstić information content (AvgIpc) is 2.80. The van der Waals surface area contributed by atoms with E-state index < -0.39 is 11.9 Å². The second-order valence-electron chi connectivity index (χ2n) is 5.22. The van der Waals surface area contributed by atoms with Crippen LogP contribution in [-0.2, 0) is 4.79 Å². The normalized spacial score (nSPS) is 15.0. The van der Waals surface area contributed by atoms with E-state index in [0.29, 0.717) is 16.8 Å². The monoisotopic (exact) mass is 291 g/mol. The van der Waals surface area contributed by atoms with Crippen molar-refractivity contribution in [2.45, 2.75) is 20.8 Å². The fraction of sp³-hybridized carbons (Fsp3) is 0.429. The number of aromatic nitrogens is 1. The topological polar surface area (TPSA) is 90.6 Å². The first-order chi connectivity index (χ1) is 9.73. The zero-order chi connectivity index (χ0) is 15.9. The summed E-state index contributed by atoms with van der Waals surface area (Å²) < 4.78 is 0. The van der Waals surface area contributed by atoms with Gasteiger partial charge in [-0.05, 0) is 26.3 Å². The molecule has 0 aromatic carbocycles. The molecular formula is C14H17N3O4. The summed E-state index contributed by atoms with van der Waals surface area (Å²) in [6.07, 6.45) is 0. The lowest BCUT2D eigenvalue weighted by molar-refractivity contribution is -0.125. The van der Waals surface area contributed by atoms with Gasteiger partial charge < -0.3 is 9.88 Å². The van der Waals surface area contributed by atoms with Crippen LogP contribution in [0, 0.1) is 13.8 Å². The minimum absolute atomic E-state index is 0.0203. The van der Waals surface area contributed by atoms with Crippen LogP contribution in [0.25, 0.3) is 0 Å². The molecule has 1 fully saturated rings. The molecule has 0 radical (unpaired) electrons. The Morgan fingerprint density at radius 1 is 1.24 bits per heavy atom. The third-order valence-electron chi connectivity index (χ3n) is 3.60. The molecule has 0 aliphatic carbocycles. The summed E-state index contributed by atoms with van der Waals surface area (Å²) in [6, 6.07) is -0.485. The summed E-state index contributed by atoms with van der Waals surface area (Å²) in [5, 5.41) is 0. The third kappa shape index (κ3) is 2.46. The number of hydrogen-bond acceptors (Lipinski definition) is 4. The number of hydrogen-bond donors (Lipinski definition) is 1. The molecule has 2 rings (SSSR count). The summed E-state index contributed by atoms with van der Waals surface area (Å²) in [7, 11) is 1.50. The maximum absolute atomic E-state index is 12.3. The van der Waals surface area contributed by atoms with Gasteiger partial charge in [-0.2, -0.15) is 0 Å². The van der Waals surface area contributed by atoms with Crippen LogP contribution >= 0.6 is 0 Å². The molecule has 21 heavy (non-hydrogen) atoms. The predicted octanol–water partition coefficient (Wildman–Crippen LogP) is 0.911. The zero-order valence-electron chi connectivity index (χ0n) is 12.4. The van der Waals surface area contributed by atoms with Crippen molar-refractivity contribution < 1.29 is 19.2 Å². The van der Waals surface area contributed by atoms with Gasteiger partial charge in [-0.25, -0.2) is 4.79 Å². The van der Waals surface area contributed by atoms with Gasteiger partial charge in [0.05, 0.1) is 12.2 Å². The number of H-pyrrole nitrogens is 1. The molecule has 0 atom stereocenters. The number of rotatable bonds is 4. The number of likely N-dealkylation sites (N-methyl/N-ethyl adjacent to an activating group) is 1. The number of nitrogens with zero attached hydrogens (tertiary/aromatic N) is 2. The molecule has 1 aliphatic rings. The van der Waals surface area contributed by atoms with E-state index in [-0.39, 0.29) is 30.3 Å². The highest BCUT2D eigenvalue weighted by Crippen LogP contribution is 2.20. The van der Waals surface area contributed by atoms with Crippen molar-refractivity contribution in [3.63, 3.8) is 0 Å². The lowest BCUT2D eigenvalue weighted by atomic mass is 10.1. The first kappa shape index (κ1) is 15.0. The first-order valence-corrected chi connectivity index (χ1v) is 6.52. The molecule has 1 aliphatic heterocycles. The van der Waals surface area contributed by atoms with Crippen molar-refractivity contribution in [2.24, 2.45) is 0 Å². The Morgan fingerprint density at radius 2 is 1.86 bits per heavy atom. The van der Waals surface area contributed by atoms with Crippen LogP contribution in [0.5, 0.6) is 0 Å². The van der Waals surface area contributed by atoms with Crippen molar-refractivity contribution in [1.82, 2.24) is 14.8 Å². The van der Waals surface area contributed by atoms with E-state index in [1.165, 1.54) is 18.9 Å². The van der Waals surface area contributed by atoms with Crippen LogP contribution in [-0.4, -0.2) is 58.4 Å². The van der Waals surface area contributed by atoms with E-state index in [4.69, 9.17) is 0 Å². The maximum Gasteiger partial charge on any atom is 0.327 e. The standard InChI is InChI=1S/C14H17N3O4/c1-7-12(9(3)18)8(2)15-13(7)10(19)5-17-11(20)6-16(4)14(17)21/h15H,5-6H2,1-4H3. The highest BCUT2D eigenvalue weighted by molar-refractivity contribution is 6.09. The molecule has 0 unspecified atom stereocenters. The number of Topliss-reactive ketones (excluding diaryl/α,β-unsaturated/α-hetero) is 2. The number of ketones is 2. The van der Waals surface area contributed by atoms with Crippen LogP contribution in [0.4, 0.5) is 4.79 Å². The molecule has 112 valence electrons. The van der Waals surface area contributed by atoms with Gasteiger partial charge in [-0.3, -0.25) is 19.3 Å². The lowest BCUT2D eigenvalue weighted by Crippen LogP contribution is -2.36. The highest BCUT2D eigenvalue weighted by atomic mass is 16.2. The van der Waals surface area contributed by atoms with Gasteiger partial charge in [0.25, 0.3) is 5.91 Å². The van der Waals surface area contributed by atoms with Crippen molar-refractivity contribution in [2.75, 3.05) is 20.1 Å². The number of amides is 3. The molecule has 0 saturated carbocycles. The van der Waals surface area contributed by atoms with Gasteiger partial charge >= 0.3 is 6.03 Å². The first-order valence-electron chi connectivity index (χ1n) is 6.52. The van der Waals surface area contributed by atoms with Gasteiger partial charge in [-0.1, -0.05) is 0 Å². The molecule has 7 heteroatoms. The van der Waals surface area contributed by atoms with E-state index >= 15 is 0 Å². The number of urea groups is 1. The molecule has 2 heterocycles. The van der Waals surface area contributed by atoms with Crippen molar-refractivity contribution >= 4 is 23.5 Å². The van der Waals surface area contributed by atoms with Gasteiger partial charge in [0.1, 0.15) is 6.54 Å². The quantitative estimate of drug-likeness (QED) is 0.659. The number of imide groups is 1. The van der Waals surface area contributed by atoms with E-state index in [1.54, 1.807) is 13.8 Å². The van der Waals surface area contributed by atoms with E-state index in [1.807, 2.05) is 0 Å². The van der Waals surface area contributed by atoms with Crippen LogP contribution in [0.15, 0.2) is 0 Å². The number of carbonyl (C=O) groups excluding carboxylic acids is 4. The van der Waals surface area contributed by atoms with Crippen LogP contribution in [0.3, 0.4) is 0 Å². The van der Waals surface area contributed by atoms with Gasteiger partial charge in [0, 0.05) is 18.3 Å². The largest absolute Gasteiger partial charge is 0.355 e. The number of nitrogens with one attached hydrogen (secondary N) is 1. The van der Waals surface area contributed by atoms with Crippen molar-refractivity contribution in [3.8, 4) is 0 Å². The van der Waals surface area contributed by atoms with Crippen LogP contribution < -0.4 is 0 Å². The molecular weight excluding hydrogens is 274 g/mol. The Bertz CT molecular complexity index is 659. The Morgan fingerprint density at radius 3 is 2.29 bits per heavy atom. The summed E-state index contributed by atoms with van der Waals surface area (Å²) in [6.45, 7) is 4.47. The third-order valence-corrected chi connectivity index (χ3v) is 3.60. The van der Waals surface area contributed by atoms with Crippen molar-refractivity contribution in [1.29, 1.82) is 0 Å². The van der Waals surface area contributed by atoms with Crippen LogP contribution in [0.2, 0.25) is 0 Å². The number of aromatic amines is 1. The molecule has 3 amide bonds. The van der Waals surface area contributed by atoms with Gasteiger partial charge in [-0.15, -0.1) is 0 Å². The van der Waals surface area contributed by atoms with Gasteiger partial charge in [0.15, 0.2) is 11.6 Å². The summed E-state index contributed by atoms with van der Waals surface area (Å²) >= 11 is 0. The second kappa shape index (κ2) is 5.16. The zero-order valence-corrected chi connectivity index (χ0v) is 12.4. The van der Waals surface area contributed by atoms with E-state index in [9.17, 15) is 19.2 Å². The van der Waals surface area contributed by atoms with Gasteiger partial charge in [0.2, 0.25) is 0 Å². The fourth-order valence-electron chi connectivity index (χ4n) is 2.60. The SMILES string of the molecule is CC(=O)c1c(C)[nH]c(C(=O)CN2C(=O)CN(C)C2=O)c1C. The Labute approximate surface area is 121 Å². The minimum atomic E-state index is -0.485. The maximum atomic E-state index is 12.3. The smallest absolute Gasteiger partial charge is 0.327 e. The summed E-state index contributed by atoms with van der Waals surface area (Å²) in [4.78, 5) is 52.3. The average molecular weight is 291 g/mol. The van der Waals surface area contributed by atoms with E-state index in [0.717, 1.165) is 4.90 Å². The molecule has 0 spiro atoms. The summed E-state index contributed by atoms with van der Waals surface area (Å²) in [5.41, 5.74) is 1.92. The molecule has 7 nitrogen and oxygen atoms in total. The molecule has 1 aromatic heterocycles. The lowest BCUT2D eigenvalue weighted by Gasteiger charge is -2.12. The highest BCUT2D eigenvalue weighted by Gasteiger charge is 2.35. The van der Waals surface area contributed by atoms with E-state index in [2.05, 4.69) is 4.98 Å². The second-order valence-corrected chi connectivity index (χ2v) is 5.22.